The van der Waals surface area contributed by atoms with E-state index in [1.807, 2.05) is 20.8 Å². The zero-order chi connectivity index (χ0) is 24.3. The van der Waals surface area contributed by atoms with E-state index in [4.69, 9.17) is 22.9 Å². The summed E-state index contributed by atoms with van der Waals surface area (Å²) in [4.78, 5) is 32.9. The average molecular weight is 478 g/mol. The molecule has 2 aliphatic heterocycles. The van der Waals surface area contributed by atoms with Crippen LogP contribution in [-0.2, 0) is 4.74 Å². The SMILES string of the molecule is [C-]#[N+]c1cc(Cl)c(N2CCN(C3CCN(C(=O)OC(C)(C)C)CC3)[C@@H](CC)C2)cc1[N+](=O)[O-]. The van der Waals surface area contributed by atoms with Crippen LogP contribution in [0.15, 0.2) is 12.1 Å². The number of halogens is 1. The van der Waals surface area contributed by atoms with Crippen LogP contribution in [0.4, 0.5) is 21.9 Å². The van der Waals surface area contributed by atoms with Gasteiger partial charge in [0.15, 0.2) is 0 Å². The minimum Gasteiger partial charge on any atom is -0.444 e. The molecule has 10 heteroatoms. The van der Waals surface area contributed by atoms with E-state index < -0.39 is 10.5 Å². The molecule has 1 amide bonds. The maximum atomic E-state index is 12.4. The van der Waals surface area contributed by atoms with Crippen molar-refractivity contribution in [3.8, 4) is 0 Å². The monoisotopic (exact) mass is 477 g/mol. The van der Waals surface area contributed by atoms with Crippen molar-refractivity contribution in [2.75, 3.05) is 37.6 Å². The molecule has 2 fully saturated rings. The number of nitrogens with zero attached hydrogens (tertiary/aromatic N) is 5. The predicted octanol–water partition coefficient (Wildman–Crippen LogP) is 5.10. The van der Waals surface area contributed by atoms with Gasteiger partial charge in [-0.3, -0.25) is 15.0 Å². The summed E-state index contributed by atoms with van der Waals surface area (Å²) in [6, 6.07) is 3.47. The third-order valence-corrected chi connectivity index (χ3v) is 6.59. The van der Waals surface area contributed by atoms with Crippen LogP contribution >= 0.6 is 11.6 Å². The molecule has 0 unspecified atom stereocenters. The van der Waals surface area contributed by atoms with Gasteiger partial charge in [-0.05, 0) is 46.1 Å². The fraction of sp³-hybridized carbons (Fsp3) is 0.652. The van der Waals surface area contributed by atoms with E-state index in [1.54, 1.807) is 4.90 Å². The highest BCUT2D eigenvalue weighted by Crippen LogP contribution is 2.39. The third-order valence-electron chi connectivity index (χ3n) is 6.29. The standard InChI is InChI=1S/C23H32ClN5O4/c1-6-16-15-27(20-14-21(29(31)32)19(25-5)13-18(20)24)11-12-28(16)17-7-9-26(10-8-17)22(30)33-23(2,3)4/h13-14,16-17H,6-12,15H2,1-4H3/t16-/m0/s1. The molecule has 2 aliphatic rings. The smallest absolute Gasteiger partial charge is 0.410 e. The largest absolute Gasteiger partial charge is 0.444 e. The minimum absolute atomic E-state index is 0.0452. The number of piperidine rings is 1. The molecule has 1 aromatic rings. The molecule has 9 nitrogen and oxygen atoms in total. The number of nitro benzene ring substituents is 1. The second-order valence-electron chi connectivity index (χ2n) is 9.61. The highest BCUT2D eigenvalue weighted by molar-refractivity contribution is 6.33. The van der Waals surface area contributed by atoms with Crippen molar-refractivity contribution in [3.05, 3.63) is 38.7 Å². The van der Waals surface area contributed by atoms with Gasteiger partial charge in [0.1, 0.15) is 5.60 Å². The number of nitro groups is 1. The lowest BCUT2D eigenvalue weighted by molar-refractivity contribution is -0.383. The molecule has 0 spiro atoms. The summed E-state index contributed by atoms with van der Waals surface area (Å²) in [6.07, 6.45) is 2.46. The van der Waals surface area contributed by atoms with E-state index in [0.29, 0.717) is 42.9 Å². The summed E-state index contributed by atoms with van der Waals surface area (Å²) < 4.78 is 5.51. The highest BCUT2D eigenvalue weighted by atomic mass is 35.5. The number of ether oxygens (including phenoxy) is 1. The second-order valence-corrected chi connectivity index (χ2v) is 10.0. The molecule has 33 heavy (non-hydrogen) atoms. The predicted molar refractivity (Wildman–Crippen MR) is 128 cm³/mol. The molecule has 2 heterocycles. The van der Waals surface area contributed by atoms with Crippen LogP contribution in [0.2, 0.25) is 5.02 Å². The number of hydrogen-bond donors (Lipinski definition) is 0. The van der Waals surface area contributed by atoms with E-state index in [9.17, 15) is 14.9 Å². The Morgan fingerprint density at radius 2 is 1.94 bits per heavy atom. The third kappa shape index (κ3) is 5.87. The van der Waals surface area contributed by atoms with Crippen molar-refractivity contribution in [1.29, 1.82) is 0 Å². The molecule has 1 atom stereocenters. The van der Waals surface area contributed by atoms with E-state index in [1.165, 1.54) is 12.1 Å². The van der Waals surface area contributed by atoms with E-state index in [-0.39, 0.29) is 23.5 Å². The summed E-state index contributed by atoms with van der Waals surface area (Å²) in [5.74, 6) is 0. The van der Waals surface area contributed by atoms with Gasteiger partial charge in [0.25, 0.3) is 11.4 Å². The molecule has 0 aromatic heterocycles. The number of amides is 1. The maximum absolute atomic E-state index is 12.4. The highest BCUT2D eigenvalue weighted by Gasteiger charge is 2.35. The van der Waals surface area contributed by atoms with E-state index in [0.717, 1.165) is 25.8 Å². The van der Waals surface area contributed by atoms with Gasteiger partial charge in [0.2, 0.25) is 0 Å². The Morgan fingerprint density at radius 1 is 1.27 bits per heavy atom. The van der Waals surface area contributed by atoms with Gasteiger partial charge in [0, 0.05) is 50.9 Å². The van der Waals surface area contributed by atoms with Crippen molar-refractivity contribution in [1.82, 2.24) is 9.80 Å². The van der Waals surface area contributed by atoms with Crippen LogP contribution in [-0.4, -0.2) is 71.2 Å². The fourth-order valence-corrected chi connectivity index (χ4v) is 4.93. The van der Waals surface area contributed by atoms with Crippen LogP contribution in [0, 0.1) is 16.7 Å². The molecule has 180 valence electrons. The molecule has 2 saturated heterocycles. The van der Waals surface area contributed by atoms with Gasteiger partial charge in [-0.2, -0.15) is 0 Å². The number of carbonyl (C=O) groups is 1. The van der Waals surface area contributed by atoms with Crippen molar-refractivity contribution < 1.29 is 14.5 Å². The lowest BCUT2D eigenvalue weighted by Gasteiger charge is -2.48. The summed E-state index contributed by atoms with van der Waals surface area (Å²) in [6.45, 7) is 18.5. The first kappa shape index (κ1) is 25.1. The second kappa shape index (κ2) is 10.1. The lowest BCUT2D eigenvalue weighted by atomic mass is 9.98. The first-order valence-electron chi connectivity index (χ1n) is 11.4. The lowest BCUT2D eigenvalue weighted by Crippen LogP contribution is -2.58. The number of carbonyl (C=O) groups excluding carboxylic acids is 1. The Hall–Kier alpha value is -2.57. The van der Waals surface area contributed by atoms with E-state index >= 15 is 0 Å². The maximum Gasteiger partial charge on any atom is 0.410 e. The summed E-state index contributed by atoms with van der Waals surface area (Å²) >= 11 is 6.42. The molecule has 0 radical (unpaired) electrons. The zero-order valence-electron chi connectivity index (χ0n) is 19.7. The first-order valence-corrected chi connectivity index (χ1v) is 11.8. The normalized spacial score (nSPS) is 20.4. The van der Waals surface area contributed by atoms with Gasteiger partial charge < -0.3 is 14.5 Å². The van der Waals surface area contributed by atoms with Crippen molar-refractivity contribution in [2.24, 2.45) is 0 Å². The number of hydrogen-bond acceptors (Lipinski definition) is 6. The minimum atomic E-state index is -0.529. The summed E-state index contributed by atoms with van der Waals surface area (Å²) in [5, 5.41) is 11.8. The van der Waals surface area contributed by atoms with Crippen molar-refractivity contribution >= 4 is 34.8 Å². The van der Waals surface area contributed by atoms with Crippen LogP contribution in [0.1, 0.15) is 47.0 Å². The average Bonchev–Trinajstić information content (AvgIpc) is 2.77. The van der Waals surface area contributed by atoms with Crippen molar-refractivity contribution in [2.45, 2.75) is 64.6 Å². The molecular weight excluding hydrogens is 446 g/mol. The topological polar surface area (TPSA) is 83.5 Å². The number of likely N-dealkylation sites (tertiary alicyclic amines) is 1. The molecule has 3 rings (SSSR count). The van der Waals surface area contributed by atoms with Gasteiger partial charge in [-0.1, -0.05) is 18.5 Å². The Morgan fingerprint density at radius 3 is 2.48 bits per heavy atom. The summed E-state index contributed by atoms with van der Waals surface area (Å²) in [5.41, 5.74) is -0.153. The van der Waals surface area contributed by atoms with E-state index in [2.05, 4.69) is 21.6 Å². The first-order chi connectivity index (χ1) is 15.5. The van der Waals surface area contributed by atoms with Gasteiger partial charge in [-0.15, -0.1) is 0 Å². The van der Waals surface area contributed by atoms with Crippen LogP contribution in [0.3, 0.4) is 0 Å². The number of rotatable bonds is 4. The Labute approximate surface area is 200 Å². The molecule has 0 N–H and O–H groups in total. The quantitative estimate of drug-likeness (QED) is 0.341. The Bertz CT molecular complexity index is 934. The van der Waals surface area contributed by atoms with Gasteiger partial charge in [-0.25, -0.2) is 9.64 Å². The fourth-order valence-electron chi connectivity index (χ4n) is 4.66. The zero-order valence-corrected chi connectivity index (χ0v) is 20.5. The number of anilines is 1. The van der Waals surface area contributed by atoms with Crippen LogP contribution < -0.4 is 4.90 Å². The molecule has 0 aliphatic carbocycles. The van der Waals surface area contributed by atoms with Crippen molar-refractivity contribution in [3.63, 3.8) is 0 Å². The van der Waals surface area contributed by atoms with Crippen LogP contribution in [0.25, 0.3) is 4.85 Å². The molecule has 1 aromatic carbocycles. The Balaban J connectivity index is 1.67. The number of benzene rings is 1. The molecular formula is C23H32ClN5O4. The summed E-state index contributed by atoms with van der Waals surface area (Å²) in [7, 11) is 0. The molecule has 0 saturated carbocycles. The number of piperazine rings is 1. The van der Waals surface area contributed by atoms with Gasteiger partial charge >= 0.3 is 6.09 Å². The van der Waals surface area contributed by atoms with Crippen LogP contribution in [0.5, 0.6) is 0 Å². The Kier molecular flexibility index (Phi) is 7.70. The molecule has 0 bridgehead atoms. The van der Waals surface area contributed by atoms with Gasteiger partial charge in [0.05, 0.1) is 22.2 Å².